The first-order chi connectivity index (χ1) is 10.7. The highest BCUT2D eigenvalue weighted by molar-refractivity contribution is 5.62. The summed E-state index contributed by atoms with van der Waals surface area (Å²) >= 11 is 0. The van der Waals surface area contributed by atoms with Crippen molar-refractivity contribution in [1.29, 1.82) is 0 Å². The number of nitrogens with zero attached hydrogens (tertiary/aromatic N) is 2. The SMILES string of the molecule is Cc1nc(NCc2ccccc2)cc(-c2ccc(F)cc2)n1. The number of nitrogens with one attached hydrogen (secondary N) is 1. The number of hydrogen-bond donors (Lipinski definition) is 1. The molecule has 22 heavy (non-hydrogen) atoms. The fourth-order valence-electron chi connectivity index (χ4n) is 2.22. The predicted molar refractivity (Wildman–Crippen MR) is 85.9 cm³/mol. The first kappa shape index (κ1) is 14.2. The molecule has 0 spiro atoms. The standard InChI is InChI=1S/C18H16FN3/c1-13-21-17(15-7-9-16(19)10-8-15)11-18(22-13)20-12-14-5-3-2-4-6-14/h2-11H,12H2,1H3,(H,20,21,22). The molecule has 4 heteroatoms. The van der Waals surface area contributed by atoms with Gasteiger partial charge in [0.2, 0.25) is 0 Å². The van der Waals surface area contributed by atoms with Gasteiger partial charge in [-0.3, -0.25) is 0 Å². The summed E-state index contributed by atoms with van der Waals surface area (Å²) in [4.78, 5) is 8.81. The summed E-state index contributed by atoms with van der Waals surface area (Å²) in [6, 6.07) is 18.3. The van der Waals surface area contributed by atoms with Gasteiger partial charge in [0.25, 0.3) is 0 Å². The summed E-state index contributed by atoms with van der Waals surface area (Å²) in [7, 11) is 0. The highest BCUT2D eigenvalue weighted by Gasteiger charge is 2.05. The molecule has 1 heterocycles. The van der Waals surface area contributed by atoms with Crippen LogP contribution in [0.4, 0.5) is 10.2 Å². The van der Waals surface area contributed by atoms with Crippen LogP contribution in [0.5, 0.6) is 0 Å². The summed E-state index contributed by atoms with van der Waals surface area (Å²) in [6.07, 6.45) is 0. The first-order valence-corrected chi connectivity index (χ1v) is 7.10. The Morgan fingerprint density at radius 1 is 0.955 bits per heavy atom. The van der Waals surface area contributed by atoms with Crippen LogP contribution in [0.2, 0.25) is 0 Å². The lowest BCUT2D eigenvalue weighted by molar-refractivity contribution is 0.628. The molecule has 3 rings (SSSR count). The van der Waals surface area contributed by atoms with Gasteiger partial charge in [0.1, 0.15) is 17.5 Å². The van der Waals surface area contributed by atoms with Crippen LogP contribution in [0.25, 0.3) is 11.3 Å². The molecule has 1 aromatic heterocycles. The minimum Gasteiger partial charge on any atom is -0.366 e. The number of anilines is 1. The van der Waals surface area contributed by atoms with E-state index in [2.05, 4.69) is 27.4 Å². The van der Waals surface area contributed by atoms with Crippen molar-refractivity contribution in [3.63, 3.8) is 0 Å². The Bertz CT molecular complexity index is 755. The molecule has 0 atom stereocenters. The smallest absolute Gasteiger partial charge is 0.130 e. The molecule has 3 aromatic rings. The lowest BCUT2D eigenvalue weighted by Gasteiger charge is -2.09. The van der Waals surface area contributed by atoms with Crippen molar-refractivity contribution in [2.45, 2.75) is 13.5 Å². The molecule has 0 radical (unpaired) electrons. The highest BCUT2D eigenvalue weighted by atomic mass is 19.1. The van der Waals surface area contributed by atoms with Crippen LogP contribution in [0.1, 0.15) is 11.4 Å². The maximum atomic E-state index is 13.0. The van der Waals surface area contributed by atoms with Crippen LogP contribution >= 0.6 is 0 Å². The second-order valence-corrected chi connectivity index (χ2v) is 5.03. The van der Waals surface area contributed by atoms with E-state index in [9.17, 15) is 4.39 Å². The van der Waals surface area contributed by atoms with Crippen LogP contribution in [0, 0.1) is 12.7 Å². The van der Waals surface area contributed by atoms with Gasteiger partial charge in [-0.15, -0.1) is 0 Å². The van der Waals surface area contributed by atoms with E-state index in [1.54, 1.807) is 12.1 Å². The molecule has 0 saturated heterocycles. The van der Waals surface area contributed by atoms with E-state index in [-0.39, 0.29) is 5.82 Å². The zero-order chi connectivity index (χ0) is 15.4. The van der Waals surface area contributed by atoms with Crippen molar-refractivity contribution in [1.82, 2.24) is 9.97 Å². The van der Waals surface area contributed by atoms with Crippen LogP contribution in [-0.2, 0) is 6.54 Å². The van der Waals surface area contributed by atoms with Crippen molar-refractivity contribution < 1.29 is 4.39 Å². The Balaban J connectivity index is 1.82. The number of benzene rings is 2. The van der Waals surface area contributed by atoms with Gasteiger partial charge in [0, 0.05) is 18.2 Å². The van der Waals surface area contributed by atoms with Crippen LogP contribution in [0.3, 0.4) is 0 Å². The third-order valence-corrected chi connectivity index (χ3v) is 3.29. The Morgan fingerprint density at radius 2 is 1.68 bits per heavy atom. The molecular weight excluding hydrogens is 277 g/mol. The third-order valence-electron chi connectivity index (χ3n) is 3.29. The minimum atomic E-state index is -0.253. The van der Waals surface area contributed by atoms with E-state index in [0.29, 0.717) is 12.4 Å². The second kappa shape index (κ2) is 6.35. The van der Waals surface area contributed by atoms with Crippen molar-refractivity contribution in [2.75, 3.05) is 5.32 Å². The molecule has 0 aliphatic carbocycles. The first-order valence-electron chi connectivity index (χ1n) is 7.10. The molecule has 0 amide bonds. The Kier molecular flexibility index (Phi) is 4.10. The number of aryl methyl sites for hydroxylation is 1. The summed E-state index contributed by atoms with van der Waals surface area (Å²) < 4.78 is 13.0. The number of aromatic nitrogens is 2. The minimum absolute atomic E-state index is 0.253. The molecular formula is C18H16FN3. The quantitative estimate of drug-likeness (QED) is 0.783. The third kappa shape index (κ3) is 3.47. The van der Waals surface area contributed by atoms with E-state index >= 15 is 0 Å². The van der Waals surface area contributed by atoms with E-state index in [1.165, 1.54) is 17.7 Å². The molecule has 0 saturated carbocycles. The van der Waals surface area contributed by atoms with Crippen molar-refractivity contribution in [3.8, 4) is 11.3 Å². The fourth-order valence-corrected chi connectivity index (χ4v) is 2.22. The highest BCUT2D eigenvalue weighted by Crippen LogP contribution is 2.20. The van der Waals surface area contributed by atoms with Crippen LogP contribution < -0.4 is 5.32 Å². The average molecular weight is 293 g/mol. The number of rotatable bonds is 4. The number of halogens is 1. The molecule has 0 aliphatic heterocycles. The molecule has 0 unspecified atom stereocenters. The Morgan fingerprint density at radius 3 is 2.41 bits per heavy atom. The Labute approximate surface area is 128 Å². The number of hydrogen-bond acceptors (Lipinski definition) is 3. The monoisotopic (exact) mass is 293 g/mol. The Hall–Kier alpha value is -2.75. The van der Waals surface area contributed by atoms with Crippen molar-refractivity contribution in [3.05, 3.63) is 77.9 Å². The topological polar surface area (TPSA) is 37.8 Å². The van der Waals surface area contributed by atoms with Crippen LogP contribution in [-0.4, -0.2) is 9.97 Å². The molecule has 2 aromatic carbocycles. The van der Waals surface area contributed by atoms with Crippen molar-refractivity contribution >= 4 is 5.82 Å². The maximum absolute atomic E-state index is 13.0. The van der Waals surface area contributed by atoms with Gasteiger partial charge in [0.05, 0.1) is 5.69 Å². The molecule has 110 valence electrons. The zero-order valence-corrected chi connectivity index (χ0v) is 12.3. The lowest BCUT2D eigenvalue weighted by Crippen LogP contribution is -2.03. The average Bonchev–Trinajstić information content (AvgIpc) is 2.54. The second-order valence-electron chi connectivity index (χ2n) is 5.03. The van der Waals surface area contributed by atoms with E-state index in [0.717, 1.165) is 17.1 Å². The fraction of sp³-hybridized carbons (Fsp3) is 0.111. The lowest BCUT2D eigenvalue weighted by atomic mass is 10.1. The van der Waals surface area contributed by atoms with Gasteiger partial charge in [-0.2, -0.15) is 0 Å². The van der Waals surface area contributed by atoms with Gasteiger partial charge in [-0.1, -0.05) is 30.3 Å². The van der Waals surface area contributed by atoms with E-state index < -0.39 is 0 Å². The molecule has 1 N–H and O–H groups in total. The summed E-state index contributed by atoms with van der Waals surface area (Å²) in [6.45, 7) is 2.54. The maximum Gasteiger partial charge on any atom is 0.130 e. The zero-order valence-electron chi connectivity index (χ0n) is 12.3. The summed E-state index contributed by atoms with van der Waals surface area (Å²) in [5, 5.41) is 3.30. The largest absolute Gasteiger partial charge is 0.366 e. The van der Waals surface area contributed by atoms with Gasteiger partial charge in [-0.25, -0.2) is 14.4 Å². The van der Waals surface area contributed by atoms with E-state index in [4.69, 9.17) is 0 Å². The summed E-state index contributed by atoms with van der Waals surface area (Å²) in [5.74, 6) is 1.19. The predicted octanol–water partition coefficient (Wildman–Crippen LogP) is 4.20. The van der Waals surface area contributed by atoms with Gasteiger partial charge >= 0.3 is 0 Å². The molecule has 3 nitrogen and oxygen atoms in total. The normalized spacial score (nSPS) is 10.5. The molecule has 0 bridgehead atoms. The van der Waals surface area contributed by atoms with Gasteiger partial charge in [-0.05, 0) is 36.8 Å². The van der Waals surface area contributed by atoms with E-state index in [1.807, 2.05) is 31.2 Å². The summed E-state index contributed by atoms with van der Waals surface area (Å²) in [5.41, 5.74) is 2.83. The van der Waals surface area contributed by atoms with Crippen molar-refractivity contribution in [2.24, 2.45) is 0 Å². The van der Waals surface area contributed by atoms with Crippen LogP contribution in [0.15, 0.2) is 60.7 Å². The molecule has 0 fully saturated rings. The van der Waals surface area contributed by atoms with Gasteiger partial charge < -0.3 is 5.32 Å². The molecule has 0 aliphatic rings. The van der Waals surface area contributed by atoms with Gasteiger partial charge in [0.15, 0.2) is 0 Å².